The van der Waals surface area contributed by atoms with Gasteiger partial charge in [-0.05, 0) is 30.8 Å². The number of nitrogens with zero attached hydrogens (tertiary/aromatic N) is 4. The van der Waals surface area contributed by atoms with Crippen LogP contribution in [-0.2, 0) is 0 Å². The minimum absolute atomic E-state index is 0.141. The summed E-state index contributed by atoms with van der Waals surface area (Å²) in [6.07, 6.45) is 1.70. The van der Waals surface area contributed by atoms with E-state index in [9.17, 15) is 0 Å². The number of anilines is 1. The van der Waals surface area contributed by atoms with Crippen LogP contribution in [-0.4, -0.2) is 26.5 Å². The van der Waals surface area contributed by atoms with Gasteiger partial charge in [-0.25, -0.2) is 4.98 Å². The van der Waals surface area contributed by atoms with Crippen molar-refractivity contribution in [2.75, 3.05) is 12.3 Å². The van der Waals surface area contributed by atoms with Crippen molar-refractivity contribution >= 4 is 17.7 Å². The van der Waals surface area contributed by atoms with Gasteiger partial charge >= 0.3 is 6.01 Å². The third-order valence-corrected chi connectivity index (χ3v) is 2.53. The van der Waals surface area contributed by atoms with E-state index in [1.54, 1.807) is 6.20 Å². The Labute approximate surface area is 103 Å². The molecule has 0 bridgehead atoms. The third-order valence-electron chi connectivity index (χ3n) is 1.72. The molecule has 7 heteroatoms. The van der Waals surface area contributed by atoms with Crippen molar-refractivity contribution in [3.63, 3.8) is 0 Å². The van der Waals surface area contributed by atoms with Gasteiger partial charge in [-0.1, -0.05) is 6.07 Å². The molecule has 0 unspecified atom stereocenters. The molecule has 2 aromatic rings. The fourth-order valence-corrected chi connectivity index (χ4v) is 1.80. The molecule has 2 rings (SSSR count). The fraction of sp³-hybridized carbons (Fsp3) is 0.200. The van der Waals surface area contributed by atoms with E-state index < -0.39 is 0 Å². The second kappa shape index (κ2) is 5.44. The van der Waals surface area contributed by atoms with Crippen LogP contribution in [0, 0.1) is 0 Å². The number of rotatable bonds is 4. The summed E-state index contributed by atoms with van der Waals surface area (Å²) in [4.78, 5) is 16.2. The van der Waals surface area contributed by atoms with Crippen molar-refractivity contribution in [2.45, 2.75) is 17.1 Å². The highest BCUT2D eigenvalue weighted by molar-refractivity contribution is 7.99. The smallest absolute Gasteiger partial charge is 0.322 e. The SMILES string of the molecule is CCOc1nc(N)nc(Sc2ccccn2)n1. The molecule has 2 aromatic heterocycles. The number of nitrogen functional groups attached to an aromatic ring is 1. The van der Waals surface area contributed by atoms with Gasteiger partial charge in [-0.15, -0.1) is 0 Å². The molecule has 88 valence electrons. The Kier molecular flexibility index (Phi) is 3.71. The molecular weight excluding hydrogens is 238 g/mol. The lowest BCUT2D eigenvalue weighted by Crippen LogP contribution is -2.04. The summed E-state index contributed by atoms with van der Waals surface area (Å²) in [6.45, 7) is 2.34. The van der Waals surface area contributed by atoms with E-state index in [4.69, 9.17) is 10.5 Å². The van der Waals surface area contributed by atoms with Crippen molar-refractivity contribution in [2.24, 2.45) is 0 Å². The van der Waals surface area contributed by atoms with Gasteiger partial charge in [-0.3, -0.25) is 0 Å². The van der Waals surface area contributed by atoms with Crippen molar-refractivity contribution in [3.8, 4) is 6.01 Å². The van der Waals surface area contributed by atoms with Gasteiger partial charge in [0.1, 0.15) is 5.03 Å². The highest BCUT2D eigenvalue weighted by Gasteiger charge is 2.07. The molecule has 0 aromatic carbocycles. The number of ether oxygens (including phenoxy) is 1. The van der Waals surface area contributed by atoms with E-state index >= 15 is 0 Å². The Hall–Kier alpha value is -1.89. The van der Waals surface area contributed by atoms with Crippen molar-refractivity contribution in [3.05, 3.63) is 24.4 Å². The number of hydrogen-bond donors (Lipinski definition) is 1. The van der Waals surface area contributed by atoms with Gasteiger partial charge in [0.15, 0.2) is 0 Å². The molecule has 0 aliphatic rings. The van der Waals surface area contributed by atoms with Crippen molar-refractivity contribution in [1.82, 2.24) is 19.9 Å². The van der Waals surface area contributed by atoms with E-state index in [1.807, 2.05) is 25.1 Å². The molecule has 0 atom stereocenters. The molecule has 0 spiro atoms. The normalized spacial score (nSPS) is 10.2. The van der Waals surface area contributed by atoms with Gasteiger partial charge in [0.05, 0.1) is 6.61 Å². The Bertz CT molecular complexity index is 493. The first-order valence-corrected chi connectivity index (χ1v) is 5.83. The summed E-state index contributed by atoms with van der Waals surface area (Å²) in [6, 6.07) is 5.84. The summed E-state index contributed by atoms with van der Waals surface area (Å²) in [5.41, 5.74) is 5.57. The highest BCUT2D eigenvalue weighted by Crippen LogP contribution is 2.23. The highest BCUT2D eigenvalue weighted by atomic mass is 32.2. The van der Waals surface area contributed by atoms with Gasteiger partial charge < -0.3 is 10.5 Å². The average Bonchev–Trinajstić information content (AvgIpc) is 2.30. The second-order valence-electron chi connectivity index (χ2n) is 2.96. The average molecular weight is 249 g/mol. The Morgan fingerprint density at radius 3 is 2.88 bits per heavy atom. The van der Waals surface area contributed by atoms with Gasteiger partial charge in [0, 0.05) is 6.20 Å². The zero-order valence-corrected chi connectivity index (χ0v) is 10.0. The standard InChI is InChI=1S/C10H11N5OS/c1-2-16-9-13-8(11)14-10(15-9)17-7-5-3-4-6-12-7/h3-6H,2H2,1H3,(H2,11,13,14,15). The van der Waals surface area contributed by atoms with E-state index in [-0.39, 0.29) is 12.0 Å². The molecule has 17 heavy (non-hydrogen) atoms. The summed E-state index contributed by atoms with van der Waals surface area (Å²) < 4.78 is 5.19. The largest absolute Gasteiger partial charge is 0.464 e. The van der Waals surface area contributed by atoms with Crippen molar-refractivity contribution in [1.29, 1.82) is 0 Å². The predicted octanol–water partition coefficient (Wildman–Crippen LogP) is 1.40. The topological polar surface area (TPSA) is 86.8 Å². The van der Waals surface area contributed by atoms with E-state index in [2.05, 4.69) is 19.9 Å². The first kappa shape index (κ1) is 11.6. The maximum Gasteiger partial charge on any atom is 0.322 e. The zero-order valence-electron chi connectivity index (χ0n) is 9.20. The van der Waals surface area contributed by atoms with Crippen LogP contribution in [0.25, 0.3) is 0 Å². The molecule has 0 aliphatic heterocycles. The van der Waals surface area contributed by atoms with Crippen molar-refractivity contribution < 1.29 is 4.74 Å². The summed E-state index contributed by atoms with van der Waals surface area (Å²) >= 11 is 1.31. The van der Waals surface area contributed by atoms with Gasteiger partial charge in [0.25, 0.3) is 0 Å². The molecule has 0 saturated carbocycles. The zero-order chi connectivity index (χ0) is 12.1. The quantitative estimate of drug-likeness (QED) is 0.876. The maximum atomic E-state index is 5.57. The van der Waals surface area contributed by atoms with E-state index in [0.717, 1.165) is 5.03 Å². The molecule has 2 N–H and O–H groups in total. The lowest BCUT2D eigenvalue weighted by Gasteiger charge is -2.03. The first-order valence-electron chi connectivity index (χ1n) is 5.01. The van der Waals surface area contributed by atoms with Gasteiger partial charge in [-0.2, -0.15) is 15.0 Å². The summed E-state index contributed by atoms with van der Waals surface area (Å²) in [7, 11) is 0. The summed E-state index contributed by atoms with van der Waals surface area (Å²) in [5, 5.41) is 1.26. The van der Waals surface area contributed by atoms with Crippen LogP contribution >= 0.6 is 11.8 Å². The van der Waals surface area contributed by atoms with Gasteiger partial charge in [0.2, 0.25) is 11.1 Å². The molecule has 0 aliphatic carbocycles. The Morgan fingerprint density at radius 2 is 2.18 bits per heavy atom. The number of hydrogen-bond acceptors (Lipinski definition) is 7. The second-order valence-corrected chi connectivity index (χ2v) is 3.95. The monoisotopic (exact) mass is 249 g/mol. The van der Waals surface area contributed by atoms with Crippen LogP contribution in [0.15, 0.2) is 34.6 Å². The number of pyridine rings is 1. The Balaban J connectivity index is 2.21. The van der Waals surface area contributed by atoms with Crippen LogP contribution in [0.4, 0.5) is 5.95 Å². The summed E-state index contributed by atoms with van der Waals surface area (Å²) in [5.74, 6) is 0.141. The minimum Gasteiger partial charge on any atom is -0.464 e. The lowest BCUT2D eigenvalue weighted by atomic mass is 10.5. The number of nitrogens with two attached hydrogens (primary N) is 1. The Morgan fingerprint density at radius 1 is 1.29 bits per heavy atom. The minimum atomic E-state index is 0.141. The van der Waals surface area contributed by atoms with E-state index in [0.29, 0.717) is 11.8 Å². The predicted molar refractivity (Wildman–Crippen MR) is 63.8 cm³/mol. The van der Waals surface area contributed by atoms with Crippen LogP contribution < -0.4 is 10.5 Å². The fourth-order valence-electron chi connectivity index (χ4n) is 1.09. The first-order chi connectivity index (χ1) is 8.28. The van der Waals surface area contributed by atoms with Crippen LogP contribution in [0.1, 0.15) is 6.92 Å². The molecule has 0 fully saturated rings. The third kappa shape index (κ3) is 3.28. The van der Waals surface area contributed by atoms with E-state index in [1.165, 1.54) is 11.8 Å². The van der Waals surface area contributed by atoms with Crippen LogP contribution in [0.5, 0.6) is 6.01 Å². The number of aromatic nitrogens is 4. The van der Waals surface area contributed by atoms with Crippen LogP contribution in [0.3, 0.4) is 0 Å². The van der Waals surface area contributed by atoms with Crippen LogP contribution in [0.2, 0.25) is 0 Å². The molecular formula is C10H11N5OS. The lowest BCUT2D eigenvalue weighted by molar-refractivity contribution is 0.308. The molecule has 0 radical (unpaired) electrons. The maximum absolute atomic E-state index is 5.57. The molecule has 0 saturated heterocycles. The molecule has 0 amide bonds. The molecule has 2 heterocycles. The molecule has 6 nitrogen and oxygen atoms in total.